The van der Waals surface area contributed by atoms with Crippen LogP contribution in [0.3, 0.4) is 0 Å². The van der Waals surface area contributed by atoms with Gasteiger partial charge in [-0.15, -0.1) is 0 Å². The van der Waals surface area contributed by atoms with Gasteiger partial charge >= 0.3 is 0 Å². The van der Waals surface area contributed by atoms with Gasteiger partial charge in [0.2, 0.25) is 0 Å². The smallest absolute Gasteiger partial charge is 0.0187 e. The Hall–Kier alpha value is -0.300. The first-order valence-corrected chi connectivity index (χ1v) is 5.42. The van der Waals surface area contributed by atoms with E-state index in [1.165, 1.54) is 37.9 Å². The third-order valence-electron chi connectivity index (χ3n) is 3.41. The highest BCUT2D eigenvalue weighted by molar-refractivity contribution is 4.93. The third kappa shape index (κ3) is 3.15. The van der Waals surface area contributed by atoms with Crippen molar-refractivity contribution < 1.29 is 0 Å². The second-order valence-corrected chi connectivity index (χ2v) is 4.90. The van der Waals surface area contributed by atoms with Gasteiger partial charge in [0.25, 0.3) is 0 Å². The Kier molecular flexibility index (Phi) is 3.55. The van der Waals surface area contributed by atoms with Crippen molar-refractivity contribution in [2.45, 2.75) is 40.0 Å². The second-order valence-electron chi connectivity index (χ2n) is 4.90. The Morgan fingerprint density at radius 3 is 2.31 bits per heavy atom. The Bertz CT molecular complexity index is 176. The molecule has 76 valence electrons. The topological polar surface area (TPSA) is 3.24 Å². The van der Waals surface area contributed by atoms with Gasteiger partial charge in [-0.2, -0.15) is 0 Å². The minimum absolute atomic E-state index is 0.617. The van der Waals surface area contributed by atoms with Gasteiger partial charge in [-0.3, -0.25) is 4.90 Å². The molecule has 1 saturated heterocycles. The molecule has 1 nitrogen and oxygen atoms in total. The first-order chi connectivity index (χ1) is 6.06. The highest BCUT2D eigenvalue weighted by Gasteiger charge is 2.27. The zero-order valence-corrected chi connectivity index (χ0v) is 9.40. The number of likely N-dealkylation sites (tertiary alicyclic amines) is 1. The third-order valence-corrected chi connectivity index (χ3v) is 3.41. The van der Waals surface area contributed by atoms with E-state index in [4.69, 9.17) is 0 Å². The molecule has 1 aliphatic heterocycles. The molecule has 0 aromatic heterocycles. The van der Waals surface area contributed by atoms with Crippen LogP contribution in [0.15, 0.2) is 12.2 Å². The molecule has 0 aliphatic carbocycles. The van der Waals surface area contributed by atoms with Crippen molar-refractivity contribution in [3.05, 3.63) is 12.2 Å². The van der Waals surface area contributed by atoms with Crippen molar-refractivity contribution in [1.82, 2.24) is 4.90 Å². The molecular weight excluding hydrogens is 158 g/mol. The predicted octanol–water partition coefficient (Wildman–Crippen LogP) is 3.07. The molecule has 1 heteroatoms. The SMILES string of the molecule is C=C(C)CN1CCC(C)(CC)CC1. The molecule has 1 fully saturated rings. The Morgan fingerprint density at radius 1 is 1.38 bits per heavy atom. The quantitative estimate of drug-likeness (QED) is 0.605. The lowest BCUT2D eigenvalue weighted by atomic mass is 9.78. The van der Waals surface area contributed by atoms with E-state index in [0.717, 1.165) is 6.54 Å². The van der Waals surface area contributed by atoms with E-state index in [0.29, 0.717) is 5.41 Å². The van der Waals surface area contributed by atoms with E-state index in [1.807, 2.05) is 0 Å². The van der Waals surface area contributed by atoms with Crippen LogP contribution in [0, 0.1) is 5.41 Å². The lowest BCUT2D eigenvalue weighted by Gasteiger charge is -2.39. The van der Waals surface area contributed by atoms with Gasteiger partial charge in [0, 0.05) is 6.54 Å². The van der Waals surface area contributed by atoms with Gasteiger partial charge in [-0.05, 0) is 38.3 Å². The minimum atomic E-state index is 0.617. The summed E-state index contributed by atoms with van der Waals surface area (Å²) in [5.41, 5.74) is 1.91. The standard InChI is InChI=1S/C12H23N/c1-5-12(4)6-8-13(9-7-12)10-11(2)3/h2,5-10H2,1,3-4H3. The van der Waals surface area contributed by atoms with Crippen molar-refractivity contribution in [3.63, 3.8) is 0 Å². The van der Waals surface area contributed by atoms with Crippen LogP contribution >= 0.6 is 0 Å². The zero-order chi connectivity index (χ0) is 9.90. The summed E-state index contributed by atoms with van der Waals surface area (Å²) < 4.78 is 0. The summed E-state index contributed by atoms with van der Waals surface area (Å²) in [5.74, 6) is 0. The first-order valence-electron chi connectivity index (χ1n) is 5.42. The lowest BCUT2D eigenvalue weighted by molar-refractivity contribution is 0.122. The molecule has 0 N–H and O–H groups in total. The summed E-state index contributed by atoms with van der Waals surface area (Å²) in [7, 11) is 0. The maximum Gasteiger partial charge on any atom is 0.0187 e. The number of rotatable bonds is 3. The van der Waals surface area contributed by atoms with Crippen LogP contribution in [-0.4, -0.2) is 24.5 Å². The van der Waals surface area contributed by atoms with E-state index in [2.05, 4.69) is 32.3 Å². The van der Waals surface area contributed by atoms with Crippen molar-refractivity contribution in [3.8, 4) is 0 Å². The molecule has 0 amide bonds. The average molecular weight is 181 g/mol. The molecule has 0 aromatic rings. The van der Waals surface area contributed by atoms with Crippen LogP contribution in [0.4, 0.5) is 0 Å². The summed E-state index contributed by atoms with van der Waals surface area (Å²) in [6.45, 7) is 14.4. The molecule has 0 aromatic carbocycles. The molecule has 0 radical (unpaired) electrons. The lowest BCUT2D eigenvalue weighted by Crippen LogP contribution is -2.39. The fourth-order valence-corrected chi connectivity index (χ4v) is 1.99. The molecule has 0 bridgehead atoms. The van der Waals surface area contributed by atoms with E-state index in [-0.39, 0.29) is 0 Å². The largest absolute Gasteiger partial charge is 0.299 e. The van der Waals surface area contributed by atoms with Gasteiger partial charge in [0.05, 0.1) is 0 Å². The van der Waals surface area contributed by atoms with Crippen LogP contribution in [0.2, 0.25) is 0 Å². The zero-order valence-electron chi connectivity index (χ0n) is 9.40. The van der Waals surface area contributed by atoms with Crippen LogP contribution < -0.4 is 0 Å². The molecule has 0 saturated carbocycles. The summed E-state index contributed by atoms with van der Waals surface area (Å²) in [6.07, 6.45) is 4.04. The summed E-state index contributed by atoms with van der Waals surface area (Å²) >= 11 is 0. The summed E-state index contributed by atoms with van der Waals surface area (Å²) in [6, 6.07) is 0. The summed E-state index contributed by atoms with van der Waals surface area (Å²) in [5, 5.41) is 0. The van der Waals surface area contributed by atoms with Crippen LogP contribution in [-0.2, 0) is 0 Å². The second kappa shape index (κ2) is 4.28. The van der Waals surface area contributed by atoms with Gasteiger partial charge in [-0.25, -0.2) is 0 Å². The molecular formula is C12H23N. The molecule has 1 heterocycles. The fourth-order valence-electron chi connectivity index (χ4n) is 1.99. The maximum atomic E-state index is 3.96. The van der Waals surface area contributed by atoms with Crippen molar-refractivity contribution in [2.24, 2.45) is 5.41 Å². The van der Waals surface area contributed by atoms with Crippen molar-refractivity contribution in [1.29, 1.82) is 0 Å². The average Bonchev–Trinajstić information content (AvgIpc) is 2.09. The Labute approximate surface area is 82.8 Å². The van der Waals surface area contributed by atoms with Gasteiger partial charge in [-0.1, -0.05) is 32.4 Å². The molecule has 0 unspecified atom stereocenters. The van der Waals surface area contributed by atoms with E-state index in [1.54, 1.807) is 0 Å². The van der Waals surface area contributed by atoms with Crippen LogP contribution in [0.1, 0.15) is 40.0 Å². The van der Waals surface area contributed by atoms with Gasteiger partial charge < -0.3 is 0 Å². The van der Waals surface area contributed by atoms with E-state index >= 15 is 0 Å². The summed E-state index contributed by atoms with van der Waals surface area (Å²) in [4.78, 5) is 2.53. The molecule has 13 heavy (non-hydrogen) atoms. The molecule has 1 aliphatic rings. The normalized spacial score (nSPS) is 23.0. The van der Waals surface area contributed by atoms with Gasteiger partial charge in [0.15, 0.2) is 0 Å². The number of hydrogen-bond acceptors (Lipinski definition) is 1. The maximum absolute atomic E-state index is 3.96. The number of nitrogens with zero attached hydrogens (tertiary/aromatic N) is 1. The van der Waals surface area contributed by atoms with Crippen LogP contribution in [0.25, 0.3) is 0 Å². The van der Waals surface area contributed by atoms with Crippen molar-refractivity contribution in [2.75, 3.05) is 19.6 Å². The molecule has 0 atom stereocenters. The fraction of sp³-hybridized carbons (Fsp3) is 0.833. The van der Waals surface area contributed by atoms with E-state index < -0.39 is 0 Å². The van der Waals surface area contributed by atoms with Gasteiger partial charge in [0.1, 0.15) is 0 Å². The van der Waals surface area contributed by atoms with Crippen LogP contribution in [0.5, 0.6) is 0 Å². The molecule has 1 rings (SSSR count). The number of hydrogen-bond donors (Lipinski definition) is 0. The number of piperidine rings is 1. The minimum Gasteiger partial charge on any atom is -0.299 e. The monoisotopic (exact) mass is 181 g/mol. The van der Waals surface area contributed by atoms with Crippen molar-refractivity contribution >= 4 is 0 Å². The highest BCUT2D eigenvalue weighted by atomic mass is 15.1. The Morgan fingerprint density at radius 2 is 1.92 bits per heavy atom. The predicted molar refractivity (Wildman–Crippen MR) is 58.9 cm³/mol. The van der Waals surface area contributed by atoms with E-state index in [9.17, 15) is 0 Å². The molecule has 0 spiro atoms. The Balaban J connectivity index is 2.34. The highest BCUT2D eigenvalue weighted by Crippen LogP contribution is 2.33. The first kappa shape index (κ1) is 10.8.